The number of rotatable bonds is 1. The fourth-order valence-corrected chi connectivity index (χ4v) is 1.71. The van der Waals surface area contributed by atoms with E-state index in [9.17, 15) is 4.79 Å². The Kier molecular flexibility index (Phi) is 1.20. The fourth-order valence-electron chi connectivity index (χ4n) is 1.71. The minimum atomic E-state index is -0.688. The number of hydrogen-bond acceptors (Lipinski definition) is 2. The third kappa shape index (κ3) is 0.814. The van der Waals surface area contributed by atoms with Gasteiger partial charge >= 0.3 is 5.97 Å². The second-order valence-corrected chi connectivity index (χ2v) is 3.01. The Labute approximate surface area is 59.0 Å². The van der Waals surface area contributed by atoms with E-state index >= 15 is 0 Å². The third-order valence-corrected chi connectivity index (χ3v) is 2.34. The molecule has 3 heteroatoms. The smallest absolute Gasteiger partial charge is 0.309 e. The second-order valence-electron chi connectivity index (χ2n) is 3.01. The van der Waals surface area contributed by atoms with Crippen LogP contribution in [-0.2, 0) is 9.53 Å². The average Bonchev–Trinajstić information content (AvgIpc) is 2.63. The van der Waals surface area contributed by atoms with E-state index in [0.29, 0.717) is 0 Å². The van der Waals surface area contributed by atoms with Crippen molar-refractivity contribution < 1.29 is 14.6 Å². The number of fused-ring (bicyclic) bond motifs is 1. The van der Waals surface area contributed by atoms with Crippen molar-refractivity contribution in [2.24, 2.45) is 5.92 Å². The zero-order valence-corrected chi connectivity index (χ0v) is 5.62. The van der Waals surface area contributed by atoms with Crippen LogP contribution in [0.1, 0.15) is 19.3 Å². The van der Waals surface area contributed by atoms with Crippen molar-refractivity contribution in [3.63, 3.8) is 0 Å². The first-order valence-corrected chi connectivity index (χ1v) is 3.67. The molecular formula is C7H10O3. The summed E-state index contributed by atoms with van der Waals surface area (Å²) >= 11 is 0. The van der Waals surface area contributed by atoms with Gasteiger partial charge in [0, 0.05) is 0 Å². The lowest BCUT2D eigenvalue weighted by Gasteiger charge is -2.12. The Morgan fingerprint density at radius 1 is 1.50 bits per heavy atom. The molecule has 0 aromatic rings. The minimum Gasteiger partial charge on any atom is -0.481 e. The molecule has 0 aromatic heterocycles. The quantitative estimate of drug-likeness (QED) is 0.546. The predicted octanol–water partition coefficient (Wildman–Crippen LogP) is 0.639. The zero-order chi connectivity index (χ0) is 7.14. The third-order valence-electron chi connectivity index (χ3n) is 2.34. The summed E-state index contributed by atoms with van der Waals surface area (Å²) in [7, 11) is 0. The summed E-state index contributed by atoms with van der Waals surface area (Å²) in [5.41, 5.74) is 0. The first kappa shape index (κ1) is 6.16. The maximum atomic E-state index is 10.5. The number of aliphatic carboxylic acids is 1. The monoisotopic (exact) mass is 142 g/mol. The van der Waals surface area contributed by atoms with Crippen LogP contribution in [0.4, 0.5) is 0 Å². The summed E-state index contributed by atoms with van der Waals surface area (Å²) in [6.07, 6.45) is 3.23. The molecule has 2 rings (SSSR count). The SMILES string of the molecule is O=C(O)[C@H]1CCC[C@@H]2O[C@@H]21. The highest BCUT2D eigenvalue weighted by atomic mass is 16.6. The molecule has 1 aliphatic heterocycles. The van der Waals surface area contributed by atoms with E-state index in [-0.39, 0.29) is 18.1 Å². The van der Waals surface area contributed by atoms with Crippen LogP contribution in [0.2, 0.25) is 0 Å². The lowest BCUT2D eigenvalue weighted by molar-refractivity contribution is -0.142. The van der Waals surface area contributed by atoms with E-state index in [1.165, 1.54) is 0 Å². The molecular weight excluding hydrogens is 132 g/mol. The van der Waals surface area contributed by atoms with Crippen LogP contribution in [0.25, 0.3) is 0 Å². The van der Waals surface area contributed by atoms with Crippen LogP contribution in [0.15, 0.2) is 0 Å². The minimum absolute atomic E-state index is 0.0613. The molecule has 1 saturated heterocycles. The van der Waals surface area contributed by atoms with Gasteiger partial charge in [-0.2, -0.15) is 0 Å². The molecule has 3 atom stereocenters. The topological polar surface area (TPSA) is 49.8 Å². The standard InChI is InChI=1S/C7H10O3/c8-7(9)4-2-1-3-5-6(4)10-5/h4-6H,1-3H2,(H,8,9)/t4-,5-,6+/m0/s1. The summed E-state index contributed by atoms with van der Waals surface area (Å²) in [4.78, 5) is 10.5. The van der Waals surface area contributed by atoms with Crippen molar-refractivity contribution in [3.05, 3.63) is 0 Å². The van der Waals surface area contributed by atoms with Gasteiger partial charge in [-0.3, -0.25) is 4.79 Å². The number of carboxylic acid groups (broad SMARTS) is 1. The lowest BCUT2D eigenvalue weighted by Crippen LogP contribution is -2.24. The molecule has 0 amide bonds. The summed E-state index contributed by atoms with van der Waals surface area (Å²) in [6.45, 7) is 0. The van der Waals surface area contributed by atoms with Gasteiger partial charge in [-0.1, -0.05) is 0 Å². The van der Waals surface area contributed by atoms with Crippen molar-refractivity contribution in [2.75, 3.05) is 0 Å². The maximum Gasteiger partial charge on any atom is 0.309 e. The Hall–Kier alpha value is -0.570. The Morgan fingerprint density at radius 2 is 2.30 bits per heavy atom. The summed E-state index contributed by atoms with van der Waals surface area (Å²) < 4.78 is 5.17. The van der Waals surface area contributed by atoms with Crippen LogP contribution in [0.5, 0.6) is 0 Å². The van der Waals surface area contributed by atoms with Crippen LogP contribution in [0.3, 0.4) is 0 Å². The highest BCUT2D eigenvalue weighted by Crippen LogP contribution is 2.40. The van der Waals surface area contributed by atoms with Gasteiger partial charge in [-0.05, 0) is 19.3 Å². The molecule has 56 valence electrons. The normalized spacial score (nSPS) is 44.2. The van der Waals surface area contributed by atoms with E-state index < -0.39 is 5.97 Å². The van der Waals surface area contributed by atoms with E-state index in [0.717, 1.165) is 19.3 Å². The van der Waals surface area contributed by atoms with Crippen molar-refractivity contribution in [2.45, 2.75) is 31.5 Å². The molecule has 0 radical (unpaired) electrons. The second kappa shape index (κ2) is 1.95. The number of hydrogen-bond donors (Lipinski definition) is 1. The Balaban J connectivity index is 2.02. The molecule has 0 unspecified atom stereocenters. The van der Waals surface area contributed by atoms with Gasteiger partial charge in [-0.15, -0.1) is 0 Å². The van der Waals surface area contributed by atoms with Gasteiger partial charge in [0.05, 0.1) is 18.1 Å². The van der Waals surface area contributed by atoms with E-state index in [4.69, 9.17) is 9.84 Å². The molecule has 3 nitrogen and oxygen atoms in total. The molecule has 0 aromatic carbocycles. The van der Waals surface area contributed by atoms with E-state index in [1.54, 1.807) is 0 Å². The Morgan fingerprint density at radius 3 is 2.90 bits per heavy atom. The molecule has 1 heterocycles. The number of carbonyl (C=O) groups is 1. The summed E-state index contributed by atoms with van der Waals surface area (Å²) in [5, 5.41) is 8.66. The summed E-state index contributed by atoms with van der Waals surface area (Å²) in [6, 6.07) is 0. The average molecular weight is 142 g/mol. The van der Waals surface area contributed by atoms with Crippen LogP contribution in [0, 0.1) is 5.92 Å². The van der Waals surface area contributed by atoms with Gasteiger partial charge in [0.15, 0.2) is 0 Å². The van der Waals surface area contributed by atoms with Gasteiger partial charge < -0.3 is 9.84 Å². The zero-order valence-electron chi connectivity index (χ0n) is 5.62. The number of carboxylic acids is 1. The van der Waals surface area contributed by atoms with Crippen LogP contribution < -0.4 is 0 Å². The number of epoxide rings is 1. The van der Waals surface area contributed by atoms with E-state index in [1.807, 2.05) is 0 Å². The van der Waals surface area contributed by atoms with Gasteiger partial charge in [-0.25, -0.2) is 0 Å². The van der Waals surface area contributed by atoms with Crippen LogP contribution in [-0.4, -0.2) is 23.3 Å². The van der Waals surface area contributed by atoms with Crippen molar-refractivity contribution >= 4 is 5.97 Å². The molecule has 10 heavy (non-hydrogen) atoms. The van der Waals surface area contributed by atoms with E-state index in [2.05, 4.69) is 0 Å². The number of ether oxygens (including phenoxy) is 1. The lowest BCUT2D eigenvalue weighted by atomic mass is 9.89. The summed E-state index contributed by atoms with van der Waals surface area (Å²) in [5.74, 6) is -0.897. The molecule has 2 aliphatic rings. The van der Waals surface area contributed by atoms with Crippen LogP contribution >= 0.6 is 0 Å². The largest absolute Gasteiger partial charge is 0.481 e. The first-order chi connectivity index (χ1) is 4.79. The van der Waals surface area contributed by atoms with Gasteiger partial charge in [0.2, 0.25) is 0 Å². The van der Waals surface area contributed by atoms with Gasteiger partial charge in [0.1, 0.15) is 0 Å². The molecule has 2 fully saturated rings. The molecule has 0 spiro atoms. The van der Waals surface area contributed by atoms with Gasteiger partial charge in [0.25, 0.3) is 0 Å². The molecule has 0 bridgehead atoms. The fraction of sp³-hybridized carbons (Fsp3) is 0.857. The molecule has 1 saturated carbocycles. The molecule has 1 N–H and O–H groups in total. The highest BCUT2D eigenvalue weighted by Gasteiger charge is 2.50. The first-order valence-electron chi connectivity index (χ1n) is 3.67. The van der Waals surface area contributed by atoms with Crippen molar-refractivity contribution in [3.8, 4) is 0 Å². The van der Waals surface area contributed by atoms with Crippen molar-refractivity contribution in [1.82, 2.24) is 0 Å². The molecule has 1 aliphatic carbocycles. The van der Waals surface area contributed by atoms with Crippen molar-refractivity contribution in [1.29, 1.82) is 0 Å². The Bertz CT molecular complexity index is 166. The highest BCUT2D eigenvalue weighted by molar-refractivity contribution is 5.71. The maximum absolute atomic E-state index is 10.5. The predicted molar refractivity (Wildman–Crippen MR) is 33.6 cm³/mol.